The first kappa shape index (κ1) is 12.9. The Balaban J connectivity index is 1.87. The lowest BCUT2D eigenvalue weighted by Crippen LogP contribution is -2.26. The Morgan fingerprint density at radius 3 is 3.00 bits per heavy atom. The van der Waals surface area contributed by atoms with E-state index in [0.29, 0.717) is 6.54 Å². The average Bonchev–Trinajstić information content (AvgIpc) is 3.12. The van der Waals surface area contributed by atoms with Crippen LogP contribution in [0.3, 0.4) is 0 Å². The maximum absolute atomic E-state index is 5.95. The minimum Gasteiger partial charge on any atom is -0.459 e. The van der Waals surface area contributed by atoms with Crippen LogP contribution in [0.5, 0.6) is 0 Å². The number of nitrogens with one attached hydrogen (secondary N) is 1. The number of fused-ring (bicyclic) bond motifs is 1. The third-order valence-corrected chi connectivity index (χ3v) is 3.26. The lowest BCUT2D eigenvalue weighted by atomic mass is 10.2. The van der Waals surface area contributed by atoms with Gasteiger partial charge in [-0.3, -0.25) is 4.68 Å². The molecule has 2 heterocycles. The number of aromatic nitrogens is 3. The van der Waals surface area contributed by atoms with Crippen molar-refractivity contribution >= 4 is 11.0 Å². The third kappa shape index (κ3) is 2.72. The third-order valence-electron chi connectivity index (χ3n) is 3.26. The van der Waals surface area contributed by atoms with Crippen LogP contribution in [0.2, 0.25) is 0 Å². The van der Waals surface area contributed by atoms with Gasteiger partial charge in [-0.25, -0.2) is 4.98 Å². The first-order valence-corrected chi connectivity index (χ1v) is 6.91. The summed E-state index contributed by atoms with van der Waals surface area (Å²) >= 11 is 0. The van der Waals surface area contributed by atoms with E-state index in [1.807, 2.05) is 22.9 Å². The van der Waals surface area contributed by atoms with E-state index in [-0.39, 0.29) is 6.04 Å². The van der Waals surface area contributed by atoms with Crippen LogP contribution in [0.15, 0.2) is 47.4 Å². The molecule has 5 nitrogen and oxygen atoms in total. The molecule has 0 radical (unpaired) electrons. The molecule has 104 valence electrons. The predicted octanol–water partition coefficient (Wildman–Crippen LogP) is 2.77. The van der Waals surface area contributed by atoms with Gasteiger partial charge in [-0.2, -0.15) is 5.10 Å². The van der Waals surface area contributed by atoms with Gasteiger partial charge >= 0.3 is 0 Å². The van der Waals surface area contributed by atoms with Crippen molar-refractivity contribution in [3.05, 3.63) is 48.7 Å². The van der Waals surface area contributed by atoms with Gasteiger partial charge in [0.15, 0.2) is 0 Å². The molecule has 0 bridgehead atoms. The van der Waals surface area contributed by atoms with Crippen LogP contribution in [-0.4, -0.2) is 21.3 Å². The van der Waals surface area contributed by atoms with Crippen LogP contribution < -0.4 is 5.32 Å². The molecule has 1 N–H and O–H groups in total. The Morgan fingerprint density at radius 2 is 2.25 bits per heavy atom. The summed E-state index contributed by atoms with van der Waals surface area (Å²) in [7, 11) is 0. The zero-order chi connectivity index (χ0) is 13.8. The molecule has 0 saturated heterocycles. The lowest BCUT2D eigenvalue weighted by Gasteiger charge is -2.15. The first-order valence-electron chi connectivity index (χ1n) is 6.91. The van der Waals surface area contributed by atoms with Crippen molar-refractivity contribution in [3.8, 4) is 0 Å². The van der Waals surface area contributed by atoms with E-state index in [0.717, 1.165) is 29.7 Å². The van der Waals surface area contributed by atoms with Crippen molar-refractivity contribution in [1.82, 2.24) is 20.1 Å². The number of hydrogen-bond donors (Lipinski definition) is 1. The molecule has 0 spiro atoms. The number of hydrogen-bond acceptors (Lipinski definition) is 4. The Morgan fingerprint density at radius 1 is 1.35 bits per heavy atom. The standard InChI is InChI=1S/C15H18N4O/c1-2-7-17-13(9-19-11-16-10-18-19)15-8-12-5-3-4-6-14(12)20-15/h3-6,8,10-11,13,17H,2,7,9H2,1H3. The minimum atomic E-state index is 0.101. The molecule has 3 aromatic rings. The van der Waals surface area contributed by atoms with E-state index in [1.54, 1.807) is 12.7 Å². The topological polar surface area (TPSA) is 55.9 Å². The second-order valence-electron chi connectivity index (χ2n) is 4.81. The summed E-state index contributed by atoms with van der Waals surface area (Å²) in [5.41, 5.74) is 0.921. The van der Waals surface area contributed by atoms with Gasteiger partial charge in [0.05, 0.1) is 12.6 Å². The van der Waals surface area contributed by atoms with Crippen molar-refractivity contribution in [1.29, 1.82) is 0 Å². The highest BCUT2D eigenvalue weighted by Gasteiger charge is 2.16. The van der Waals surface area contributed by atoms with Crippen molar-refractivity contribution in [2.45, 2.75) is 25.9 Å². The highest BCUT2D eigenvalue weighted by molar-refractivity contribution is 5.77. The van der Waals surface area contributed by atoms with Gasteiger partial charge in [0, 0.05) is 5.39 Å². The van der Waals surface area contributed by atoms with E-state index in [9.17, 15) is 0 Å². The second-order valence-corrected chi connectivity index (χ2v) is 4.81. The fourth-order valence-electron chi connectivity index (χ4n) is 2.26. The molecule has 0 aliphatic carbocycles. The summed E-state index contributed by atoms with van der Waals surface area (Å²) in [6.07, 6.45) is 4.35. The van der Waals surface area contributed by atoms with E-state index >= 15 is 0 Å². The molecular weight excluding hydrogens is 252 g/mol. The molecule has 1 aromatic carbocycles. The van der Waals surface area contributed by atoms with E-state index in [1.165, 1.54) is 0 Å². The highest BCUT2D eigenvalue weighted by Crippen LogP contribution is 2.24. The number of nitrogens with zero attached hydrogens (tertiary/aromatic N) is 3. The van der Waals surface area contributed by atoms with Crippen molar-refractivity contribution < 1.29 is 4.42 Å². The number of furan rings is 1. The molecule has 0 aliphatic heterocycles. The molecular formula is C15H18N4O. The number of rotatable bonds is 6. The molecule has 0 aliphatic rings. The van der Waals surface area contributed by atoms with Crippen LogP contribution in [-0.2, 0) is 6.54 Å². The first-order chi connectivity index (χ1) is 9.86. The van der Waals surface area contributed by atoms with Gasteiger partial charge in [0.25, 0.3) is 0 Å². The molecule has 0 amide bonds. The van der Waals surface area contributed by atoms with Crippen LogP contribution >= 0.6 is 0 Å². The Hall–Kier alpha value is -2.14. The molecule has 2 aromatic heterocycles. The van der Waals surface area contributed by atoms with Gasteiger partial charge in [-0.15, -0.1) is 0 Å². The van der Waals surface area contributed by atoms with Crippen molar-refractivity contribution in [3.63, 3.8) is 0 Å². The highest BCUT2D eigenvalue weighted by atomic mass is 16.3. The molecule has 1 atom stereocenters. The summed E-state index contributed by atoms with van der Waals surface area (Å²) in [6.45, 7) is 3.80. The summed E-state index contributed by atoms with van der Waals surface area (Å²) in [4.78, 5) is 3.99. The fraction of sp³-hybridized carbons (Fsp3) is 0.333. The molecule has 20 heavy (non-hydrogen) atoms. The van der Waals surface area contributed by atoms with Crippen LogP contribution in [0.1, 0.15) is 25.1 Å². The normalized spacial score (nSPS) is 12.8. The zero-order valence-electron chi connectivity index (χ0n) is 11.5. The Bertz CT molecular complexity index is 626. The molecule has 0 saturated carbocycles. The zero-order valence-corrected chi connectivity index (χ0v) is 11.5. The Labute approximate surface area is 117 Å². The Kier molecular flexibility index (Phi) is 3.78. The van der Waals surface area contributed by atoms with E-state index in [4.69, 9.17) is 4.42 Å². The second kappa shape index (κ2) is 5.88. The molecule has 3 rings (SSSR count). The fourth-order valence-corrected chi connectivity index (χ4v) is 2.26. The summed E-state index contributed by atoms with van der Waals surface area (Å²) in [5.74, 6) is 0.940. The maximum atomic E-state index is 5.95. The smallest absolute Gasteiger partial charge is 0.137 e. The van der Waals surface area contributed by atoms with Crippen LogP contribution in [0.4, 0.5) is 0 Å². The molecule has 0 fully saturated rings. The number of benzene rings is 1. The van der Waals surface area contributed by atoms with Crippen molar-refractivity contribution in [2.24, 2.45) is 0 Å². The van der Waals surface area contributed by atoms with Gasteiger partial charge in [-0.05, 0) is 25.1 Å². The van der Waals surface area contributed by atoms with Gasteiger partial charge < -0.3 is 9.73 Å². The van der Waals surface area contributed by atoms with Crippen molar-refractivity contribution in [2.75, 3.05) is 6.54 Å². The van der Waals surface area contributed by atoms with Crippen LogP contribution in [0.25, 0.3) is 11.0 Å². The monoisotopic (exact) mass is 270 g/mol. The predicted molar refractivity (Wildman–Crippen MR) is 77.3 cm³/mol. The maximum Gasteiger partial charge on any atom is 0.137 e. The number of para-hydroxylation sites is 1. The molecule has 5 heteroatoms. The average molecular weight is 270 g/mol. The van der Waals surface area contributed by atoms with Crippen LogP contribution in [0, 0.1) is 0 Å². The molecule has 1 unspecified atom stereocenters. The van der Waals surface area contributed by atoms with E-state index < -0.39 is 0 Å². The SMILES string of the molecule is CCCNC(Cn1cncn1)c1cc2ccccc2o1. The van der Waals surface area contributed by atoms with Gasteiger partial charge in [0.1, 0.15) is 24.0 Å². The summed E-state index contributed by atoms with van der Waals surface area (Å²) in [6, 6.07) is 10.3. The minimum absolute atomic E-state index is 0.101. The quantitative estimate of drug-likeness (QED) is 0.748. The summed E-state index contributed by atoms with van der Waals surface area (Å²) < 4.78 is 7.77. The van der Waals surface area contributed by atoms with Gasteiger partial charge in [-0.1, -0.05) is 25.1 Å². The lowest BCUT2D eigenvalue weighted by molar-refractivity contribution is 0.375. The largest absolute Gasteiger partial charge is 0.459 e. The van der Waals surface area contributed by atoms with E-state index in [2.05, 4.69) is 34.5 Å². The van der Waals surface area contributed by atoms with Gasteiger partial charge in [0.2, 0.25) is 0 Å². The summed E-state index contributed by atoms with van der Waals surface area (Å²) in [5, 5.41) is 8.80.